The third kappa shape index (κ3) is 3.87. The van der Waals surface area contributed by atoms with Gasteiger partial charge in [-0.2, -0.15) is 0 Å². The number of hydrogen-bond acceptors (Lipinski definition) is 2. The maximum Gasteiger partial charge on any atom is 0.0777 e. The van der Waals surface area contributed by atoms with Crippen LogP contribution in [0.2, 0.25) is 0 Å². The van der Waals surface area contributed by atoms with Gasteiger partial charge in [0.2, 0.25) is 0 Å². The Labute approximate surface area is 96.1 Å². The first-order chi connectivity index (χ1) is 6.70. The second-order valence-electron chi connectivity index (χ2n) is 4.43. The van der Waals surface area contributed by atoms with Gasteiger partial charge in [0.05, 0.1) is 5.60 Å². The van der Waals surface area contributed by atoms with Gasteiger partial charge < -0.3 is 9.64 Å². The topological polar surface area (TPSA) is 12.5 Å². The Morgan fingerprint density at radius 3 is 2.86 bits per heavy atom. The molecule has 0 aromatic heterocycles. The number of nitrogens with zero attached hydrogens (tertiary/aromatic N) is 1. The lowest BCUT2D eigenvalue weighted by Gasteiger charge is -2.39. The van der Waals surface area contributed by atoms with Crippen LogP contribution in [0, 0.1) is 0 Å². The van der Waals surface area contributed by atoms with Gasteiger partial charge in [-0.3, -0.25) is 0 Å². The summed E-state index contributed by atoms with van der Waals surface area (Å²) in [5.74, 6) is 0. The van der Waals surface area contributed by atoms with Crippen LogP contribution < -0.4 is 0 Å². The molecule has 1 rings (SSSR count). The largest absolute Gasteiger partial charge is 0.377 e. The van der Waals surface area contributed by atoms with Crippen molar-refractivity contribution in [1.82, 2.24) is 4.90 Å². The number of hydrogen-bond donors (Lipinski definition) is 0. The van der Waals surface area contributed by atoms with Crippen LogP contribution in [0.25, 0.3) is 0 Å². The van der Waals surface area contributed by atoms with Crippen molar-refractivity contribution in [2.24, 2.45) is 0 Å². The van der Waals surface area contributed by atoms with Gasteiger partial charge >= 0.3 is 0 Å². The highest BCUT2D eigenvalue weighted by Gasteiger charge is 2.30. The van der Waals surface area contributed by atoms with Crippen LogP contribution in [0.5, 0.6) is 0 Å². The molecule has 0 N–H and O–H groups in total. The summed E-state index contributed by atoms with van der Waals surface area (Å²) >= 11 is 3.47. The van der Waals surface area contributed by atoms with E-state index in [1.807, 2.05) is 7.11 Å². The first-order valence-electron chi connectivity index (χ1n) is 5.54. The predicted octanol–water partition coefficient (Wildman–Crippen LogP) is 2.66. The maximum absolute atomic E-state index is 5.56. The molecule has 0 amide bonds. The van der Waals surface area contributed by atoms with E-state index in [9.17, 15) is 0 Å². The van der Waals surface area contributed by atoms with Crippen LogP contribution in [0.15, 0.2) is 0 Å². The minimum atomic E-state index is 0.104. The monoisotopic (exact) mass is 263 g/mol. The number of unbranched alkanes of at least 4 members (excludes halogenated alkanes) is 1. The van der Waals surface area contributed by atoms with Crippen molar-refractivity contribution in [2.75, 3.05) is 32.1 Å². The fourth-order valence-electron chi connectivity index (χ4n) is 2.10. The van der Waals surface area contributed by atoms with Gasteiger partial charge in [-0.25, -0.2) is 0 Å². The quantitative estimate of drug-likeness (QED) is 0.559. The van der Waals surface area contributed by atoms with Crippen LogP contribution in [0.3, 0.4) is 0 Å². The number of halogens is 1. The summed E-state index contributed by atoms with van der Waals surface area (Å²) in [7, 11) is 1.84. The van der Waals surface area contributed by atoms with Crippen molar-refractivity contribution in [3.05, 3.63) is 0 Å². The molecule has 0 aliphatic carbocycles. The lowest BCUT2D eigenvalue weighted by molar-refractivity contribution is -0.0507. The fourth-order valence-corrected chi connectivity index (χ4v) is 2.49. The van der Waals surface area contributed by atoms with Crippen molar-refractivity contribution in [3.63, 3.8) is 0 Å². The third-order valence-electron chi connectivity index (χ3n) is 3.09. The van der Waals surface area contributed by atoms with Crippen LogP contribution in [0.4, 0.5) is 0 Å². The summed E-state index contributed by atoms with van der Waals surface area (Å²) in [6.07, 6.45) is 5.06. The number of ether oxygens (including phenoxy) is 1. The summed E-state index contributed by atoms with van der Waals surface area (Å²) in [5.41, 5.74) is 0.104. The Bertz CT molecular complexity index is 165. The molecule has 2 nitrogen and oxygen atoms in total. The van der Waals surface area contributed by atoms with Crippen LogP contribution >= 0.6 is 15.9 Å². The molecule has 1 saturated heterocycles. The summed E-state index contributed by atoms with van der Waals surface area (Å²) < 4.78 is 5.56. The van der Waals surface area contributed by atoms with Crippen molar-refractivity contribution < 1.29 is 4.74 Å². The van der Waals surface area contributed by atoms with Gasteiger partial charge in [0, 0.05) is 19.0 Å². The van der Waals surface area contributed by atoms with E-state index in [4.69, 9.17) is 4.74 Å². The molecule has 0 aromatic rings. The van der Waals surface area contributed by atoms with Gasteiger partial charge in [0.25, 0.3) is 0 Å². The number of methoxy groups -OCH3 is 1. The number of piperidine rings is 1. The molecule has 1 aliphatic rings. The van der Waals surface area contributed by atoms with Gasteiger partial charge in [-0.05, 0) is 45.7 Å². The molecule has 1 fully saturated rings. The predicted molar refractivity (Wildman–Crippen MR) is 64.1 cm³/mol. The SMILES string of the molecule is COC1(C)CCCN(CCCCBr)C1. The normalized spacial score (nSPS) is 29.4. The fraction of sp³-hybridized carbons (Fsp3) is 1.00. The van der Waals surface area contributed by atoms with E-state index in [-0.39, 0.29) is 5.60 Å². The van der Waals surface area contributed by atoms with E-state index < -0.39 is 0 Å². The Morgan fingerprint density at radius 1 is 1.43 bits per heavy atom. The Hall–Kier alpha value is 0.400. The highest BCUT2D eigenvalue weighted by atomic mass is 79.9. The Kier molecular flexibility index (Phi) is 5.42. The van der Waals surface area contributed by atoms with Crippen LogP contribution in [0.1, 0.15) is 32.6 Å². The van der Waals surface area contributed by atoms with Gasteiger partial charge in [-0.15, -0.1) is 0 Å². The molecule has 0 aromatic carbocycles. The first kappa shape index (κ1) is 12.5. The van der Waals surface area contributed by atoms with E-state index in [0.717, 1.165) is 11.9 Å². The zero-order valence-electron chi connectivity index (χ0n) is 9.39. The average Bonchev–Trinajstić information content (AvgIpc) is 2.19. The number of alkyl halides is 1. The van der Waals surface area contributed by atoms with E-state index in [1.165, 1.54) is 38.8 Å². The molecular weight excluding hydrogens is 242 g/mol. The minimum Gasteiger partial charge on any atom is -0.377 e. The molecule has 0 saturated carbocycles. The molecule has 3 heteroatoms. The van der Waals surface area contributed by atoms with E-state index >= 15 is 0 Å². The smallest absolute Gasteiger partial charge is 0.0777 e. The molecule has 0 spiro atoms. The molecule has 0 bridgehead atoms. The van der Waals surface area contributed by atoms with Crippen molar-refractivity contribution in [2.45, 2.75) is 38.2 Å². The van der Waals surface area contributed by atoms with Crippen LogP contribution in [-0.4, -0.2) is 42.6 Å². The number of rotatable bonds is 5. The van der Waals surface area contributed by atoms with E-state index in [0.29, 0.717) is 0 Å². The highest BCUT2D eigenvalue weighted by molar-refractivity contribution is 9.09. The van der Waals surface area contributed by atoms with Crippen molar-refractivity contribution in [1.29, 1.82) is 0 Å². The van der Waals surface area contributed by atoms with Crippen molar-refractivity contribution in [3.8, 4) is 0 Å². The van der Waals surface area contributed by atoms with Crippen molar-refractivity contribution >= 4 is 15.9 Å². The lowest BCUT2D eigenvalue weighted by Crippen LogP contribution is -2.47. The van der Waals surface area contributed by atoms with E-state index in [2.05, 4.69) is 27.8 Å². The zero-order valence-corrected chi connectivity index (χ0v) is 11.0. The summed E-state index contributed by atoms with van der Waals surface area (Å²) in [6, 6.07) is 0. The standard InChI is InChI=1S/C11H22BrNO/c1-11(14-2)6-5-9-13(10-11)8-4-3-7-12/h3-10H2,1-2H3. The molecule has 1 unspecified atom stereocenters. The molecule has 0 radical (unpaired) electrons. The highest BCUT2D eigenvalue weighted by Crippen LogP contribution is 2.23. The molecule has 1 heterocycles. The first-order valence-corrected chi connectivity index (χ1v) is 6.66. The lowest BCUT2D eigenvalue weighted by atomic mass is 9.94. The summed E-state index contributed by atoms with van der Waals surface area (Å²) in [6.45, 7) is 5.81. The van der Waals surface area contributed by atoms with Crippen LogP contribution in [-0.2, 0) is 4.74 Å². The Balaban J connectivity index is 2.25. The molecule has 14 heavy (non-hydrogen) atoms. The van der Waals surface area contributed by atoms with E-state index in [1.54, 1.807) is 0 Å². The third-order valence-corrected chi connectivity index (χ3v) is 3.65. The summed E-state index contributed by atoms with van der Waals surface area (Å²) in [5, 5.41) is 1.13. The van der Waals surface area contributed by atoms with Gasteiger partial charge in [0.15, 0.2) is 0 Å². The maximum atomic E-state index is 5.56. The molecule has 1 atom stereocenters. The average molecular weight is 264 g/mol. The molecule has 84 valence electrons. The minimum absolute atomic E-state index is 0.104. The number of likely N-dealkylation sites (tertiary alicyclic amines) is 1. The second-order valence-corrected chi connectivity index (χ2v) is 5.22. The second kappa shape index (κ2) is 6.09. The molecular formula is C11H22BrNO. The summed E-state index contributed by atoms with van der Waals surface area (Å²) in [4.78, 5) is 2.54. The zero-order chi connectivity index (χ0) is 10.4. The Morgan fingerprint density at radius 2 is 2.21 bits per heavy atom. The van der Waals surface area contributed by atoms with Gasteiger partial charge in [0.1, 0.15) is 0 Å². The molecule has 1 aliphatic heterocycles. The van der Waals surface area contributed by atoms with Gasteiger partial charge in [-0.1, -0.05) is 15.9 Å².